The number of benzene rings is 3. The molecule has 0 bridgehead atoms. The van der Waals surface area contributed by atoms with Crippen LogP contribution in [0.4, 0.5) is 10.1 Å². The Balaban J connectivity index is 1.50. The molecule has 3 aromatic carbocycles. The summed E-state index contributed by atoms with van der Waals surface area (Å²) in [6.07, 6.45) is 1.31. The lowest BCUT2D eigenvalue weighted by molar-refractivity contribution is -0.136. The molecule has 0 aliphatic carbocycles. The monoisotopic (exact) mass is 377 g/mol. The molecule has 0 aliphatic heterocycles. The summed E-state index contributed by atoms with van der Waals surface area (Å²) in [5.41, 5.74) is 3.12. The molecule has 0 aromatic heterocycles. The highest BCUT2D eigenvalue weighted by Crippen LogP contribution is 2.22. The Hall–Kier alpha value is -4.00. The molecule has 2 amide bonds. The number of carbonyl (C=O) groups is 2. The van der Waals surface area contributed by atoms with Crippen LogP contribution >= 0.6 is 0 Å². The molecule has 0 fully saturated rings. The lowest BCUT2D eigenvalue weighted by atomic mass is 10.2. The van der Waals surface area contributed by atoms with Gasteiger partial charge in [-0.2, -0.15) is 5.10 Å². The number of para-hydroxylation sites is 1. The van der Waals surface area contributed by atoms with Gasteiger partial charge in [-0.15, -0.1) is 0 Å². The van der Waals surface area contributed by atoms with Crippen LogP contribution < -0.4 is 15.5 Å². The van der Waals surface area contributed by atoms with E-state index in [2.05, 4.69) is 15.8 Å². The zero-order valence-corrected chi connectivity index (χ0v) is 14.6. The third kappa shape index (κ3) is 5.50. The minimum atomic E-state index is -0.928. The van der Waals surface area contributed by atoms with Crippen LogP contribution in [-0.4, -0.2) is 18.0 Å². The number of ether oxygens (including phenoxy) is 1. The standard InChI is InChI=1S/C21H16FN3O3/c22-16-8-6-15(7-9-16)14-23-25-21(27)20(26)24-17-10-12-19(13-11-17)28-18-4-2-1-3-5-18/h1-14H,(H,24,26)(H,25,27)/b23-14-. The average molecular weight is 377 g/mol. The van der Waals surface area contributed by atoms with Crippen molar-refractivity contribution in [2.75, 3.05) is 5.32 Å². The zero-order chi connectivity index (χ0) is 19.8. The summed E-state index contributed by atoms with van der Waals surface area (Å²) in [5, 5.41) is 6.13. The average Bonchev–Trinajstić information content (AvgIpc) is 2.71. The number of halogens is 1. The van der Waals surface area contributed by atoms with E-state index in [-0.39, 0.29) is 5.82 Å². The van der Waals surface area contributed by atoms with Crippen molar-refractivity contribution in [1.29, 1.82) is 0 Å². The summed E-state index contributed by atoms with van der Waals surface area (Å²) in [4.78, 5) is 23.7. The minimum absolute atomic E-state index is 0.374. The number of amides is 2. The first-order chi connectivity index (χ1) is 13.6. The summed E-state index contributed by atoms with van der Waals surface area (Å²) < 4.78 is 18.5. The predicted octanol–water partition coefficient (Wildman–Crippen LogP) is 3.71. The molecule has 0 spiro atoms. The van der Waals surface area contributed by atoms with E-state index >= 15 is 0 Å². The molecule has 3 rings (SSSR count). The molecule has 140 valence electrons. The van der Waals surface area contributed by atoms with E-state index in [9.17, 15) is 14.0 Å². The van der Waals surface area contributed by atoms with Crippen molar-refractivity contribution in [2.24, 2.45) is 5.10 Å². The lowest BCUT2D eigenvalue weighted by Gasteiger charge is -2.07. The van der Waals surface area contributed by atoms with Gasteiger partial charge < -0.3 is 10.1 Å². The Morgan fingerprint density at radius 3 is 2.14 bits per heavy atom. The number of carbonyl (C=O) groups excluding carboxylic acids is 2. The number of nitrogens with zero attached hydrogens (tertiary/aromatic N) is 1. The van der Waals surface area contributed by atoms with E-state index in [0.29, 0.717) is 22.7 Å². The smallest absolute Gasteiger partial charge is 0.329 e. The molecule has 7 heteroatoms. The summed E-state index contributed by atoms with van der Waals surface area (Å²) in [7, 11) is 0. The molecule has 0 aliphatic rings. The van der Waals surface area contributed by atoms with E-state index in [0.717, 1.165) is 0 Å². The van der Waals surface area contributed by atoms with Crippen LogP contribution in [0.15, 0.2) is 84.0 Å². The molecule has 0 radical (unpaired) electrons. The van der Waals surface area contributed by atoms with Crippen molar-refractivity contribution in [1.82, 2.24) is 5.43 Å². The first kappa shape index (κ1) is 18.8. The Bertz CT molecular complexity index is 972. The van der Waals surface area contributed by atoms with Gasteiger partial charge in [-0.05, 0) is 54.1 Å². The highest BCUT2D eigenvalue weighted by molar-refractivity contribution is 6.39. The molecule has 3 aromatic rings. The number of hydrazone groups is 1. The third-order valence-corrected chi connectivity index (χ3v) is 3.55. The molecule has 0 atom stereocenters. The van der Waals surface area contributed by atoms with Gasteiger partial charge in [-0.25, -0.2) is 9.82 Å². The van der Waals surface area contributed by atoms with Gasteiger partial charge in [0.2, 0.25) is 0 Å². The van der Waals surface area contributed by atoms with Gasteiger partial charge in [-0.3, -0.25) is 9.59 Å². The van der Waals surface area contributed by atoms with Gasteiger partial charge in [0.25, 0.3) is 0 Å². The van der Waals surface area contributed by atoms with E-state index in [1.165, 1.54) is 30.5 Å². The van der Waals surface area contributed by atoms with Crippen molar-refractivity contribution in [3.8, 4) is 11.5 Å². The van der Waals surface area contributed by atoms with Crippen LogP contribution in [-0.2, 0) is 9.59 Å². The van der Waals surface area contributed by atoms with Crippen molar-refractivity contribution < 1.29 is 18.7 Å². The first-order valence-corrected chi connectivity index (χ1v) is 8.33. The Morgan fingerprint density at radius 1 is 0.821 bits per heavy atom. The number of hydrogen-bond acceptors (Lipinski definition) is 4. The Morgan fingerprint density at radius 2 is 1.46 bits per heavy atom. The quantitative estimate of drug-likeness (QED) is 0.404. The van der Waals surface area contributed by atoms with E-state index in [1.807, 2.05) is 30.3 Å². The maximum Gasteiger partial charge on any atom is 0.329 e. The van der Waals surface area contributed by atoms with Gasteiger partial charge in [0.1, 0.15) is 17.3 Å². The van der Waals surface area contributed by atoms with Gasteiger partial charge in [0.15, 0.2) is 0 Å². The van der Waals surface area contributed by atoms with Crippen LogP contribution in [0.5, 0.6) is 11.5 Å². The topological polar surface area (TPSA) is 79.8 Å². The van der Waals surface area contributed by atoms with Crippen molar-refractivity contribution >= 4 is 23.7 Å². The van der Waals surface area contributed by atoms with Gasteiger partial charge in [0.05, 0.1) is 6.21 Å². The highest BCUT2D eigenvalue weighted by atomic mass is 19.1. The molecular weight excluding hydrogens is 361 g/mol. The predicted molar refractivity (Wildman–Crippen MR) is 104 cm³/mol. The van der Waals surface area contributed by atoms with E-state index in [1.54, 1.807) is 24.3 Å². The summed E-state index contributed by atoms with van der Waals surface area (Å²) >= 11 is 0. The summed E-state index contributed by atoms with van der Waals surface area (Å²) in [6, 6.07) is 21.4. The molecule has 6 nitrogen and oxygen atoms in total. The number of rotatable bonds is 5. The normalized spacial score (nSPS) is 10.5. The largest absolute Gasteiger partial charge is 0.457 e. The first-order valence-electron chi connectivity index (χ1n) is 8.33. The number of anilines is 1. The van der Waals surface area contributed by atoms with Crippen LogP contribution in [0, 0.1) is 5.82 Å². The number of nitrogens with one attached hydrogen (secondary N) is 2. The van der Waals surface area contributed by atoms with Crippen molar-refractivity contribution in [3.63, 3.8) is 0 Å². The fraction of sp³-hybridized carbons (Fsp3) is 0. The second kappa shape index (κ2) is 9.09. The Labute approximate surface area is 160 Å². The maximum atomic E-state index is 12.8. The third-order valence-electron chi connectivity index (χ3n) is 3.55. The van der Waals surface area contributed by atoms with Gasteiger partial charge in [0, 0.05) is 5.69 Å². The van der Waals surface area contributed by atoms with Gasteiger partial charge >= 0.3 is 11.8 Å². The van der Waals surface area contributed by atoms with Gasteiger partial charge in [-0.1, -0.05) is 30.3 Å². The molecular formula is C21H16FN3O3. The molecule has 0 heterocycles. The van der Waals surface area contributed by atoms with E-state index in [4.69, 9.17) is 4.74 Å². The SMILES string of the molecule is O=C(N/N=C\c1ccc(F)cc1)C(=O)Nc1ccc(Oc2ccccc2)cc1. The molecule has 0 saturated heterocycles. The number of hydrogen-bond donors (Lipinski definition) is 2. The minimum Gasteiger partial charge on any atom is -0.457 e. The van der Waals surface area contributed by atoms with E-state index < -0.39 is 11.8 Å². The maximum absolute atomic E-state index is 12.8. The second-order valence-corrected chi connectivity index (χ2v) is 5.64. The molecule has 0 unspecified atom stereocenters. The van der Waals surface area contributed by atoms with Crippen LogP contribution in [0.2, 0.25) is 0 Å². The van der Waals surface area contributed by atoms with Crippen molar-refractivity contribution in [2.45, 2.75) is 0 Å². The Kier molecular flexibility index (Phi) is 6.10. The van der Waals surface area contributed by atoms with Crippen molar-refractivity contribution in [3.05, 3.63) is 90.2 Å². The van der Waals surface area contributed by atoms with Crippen LogP contribution in [0.25, 0.3) is 0 Å². The summed E-state index contributed by atoms with van der Waals surface area (Å²) in [6.45, 7) is 0. The summed E-state index contributed by atoms with van der Waals surface area (Å²) in [5.74, 6) is -0.882. The fourth-order valence-corrected chi connectivity index (χ4v) is 2.18. The van der Waals surface area contributed by atoms with Crippen LogP contribution in [0.1, 0.15) is 5.56 Å². The second-order valence-electron chi connectivity index (χ2n) is 5.64. The van der Waals surface area contributed by atoms with Crippen LogP contribution in [0.3, 0.4) is 0 Å². The highest BCUT2D eigenvalue weighted by Gasteiger charge is 2.12. The zero-order valence-electron chi connectivity index (χ0n) is 14.6. The molecule has 28 heavy (non-hydrogen) atoms. The lowest BCUT2D eigenvalue weighted by Crippen LogP contribution is -2.32. The molecule has 0 saturated carbocycles. The molecule has 2 N–H and O–H groups in total. The fourth-order valence-electron chi connectivity index (χ4n) is 2.18.